The molecule has 5 heteroatoms. The van der Waals surface area contributed by atoms with Crippen LogP contribution in [0.25, 0.3) is 0 Å². The van der Waals surface area contributed by atoms with Gasteiger partial charge in [-0.25, -0.2) is 0 Å². The van der Waals surface area contributed by atoms with Gasteiger partial charge >= 0.3 is 5.97 Å². The summed E-state index contributed by atoms with van der Waals surface area (Å²) in [6.45, 7) is 0. The highest BCUT2D eigenvalue weighted by atomic mass is 16.4. The number of nitrogens with one attached hydrogen (secondary N) is 1. The first-order chi connectivity index (χ1) is 10.1. The van der Waals surface area contributed by atoms with Crippen LogP contribution in [0.4, 0.5) is 0 Å². The maximum atomic E-state index is 12.3. The van der Waals surface area contributed by atoms with Crippen molar-refractivity contribution in [3.8, 4) is 0 Å². The quantitative estimate of drug-likeness (QED) is 0.782. The molecule has 0 bridgehead atoms. The minimum atomic E-state index is -0.823. The van der Waals surface area contributed by atoms with Crippen molar-refractivity contribution in [1.82, 2.24) is 5.32 Å². The second kappa shape index (κ2) is 5.48. The molecule has 0 aromatic heterocycles. The number of hydrogen-bond acceptors (Lipinski definition) is 3. The molecule has 4 atom stereocenters. The molecule has 1 aromatic rings. The predicted octanol–water partition coefficient (Wildman–Crippen LogP) is 1.26. The van der Waals surface area contributed by atoms with Crippen molar-refractivity contribution < 1.29 is 19.8 Å². The van der Waals surface area contributed by atoms with Crippen molar-refractivity contribution in [3.63, 3.8) is 0 Å². The highest BCUT2D eigenvalue weighted by Crippen LogP contribution is 2.34. The van der Waals surface area contributed by atoms with E-state index in [1.54, 1.807) is 0 Å². The standard InChI is InChI=1S/C16H19NO4/c18-13-8-9-3-1-2-4-12(9)14(13)17-15(19)10-5-6-11(7-10)16(20)21/h1-4,10-11,13-14,18H,5-8H2,(H,17,19)(H,20,21)/t10-,11+,13+,14-/m1/s1. The molecule has 0 radical (unpaired) electrons. The molecule has 1 fully saturated rings. The highest BCUT2D eigenvalue weighted by Gasteiger charge is 2.37. The van der Waals surface area contributed by atoms with Crippen molar-refractivity contribution >= 4 is 11.9 Å². The van der Waals surface area contributed by atoms with E-state index in [1.165, 1.54) is 0 Å². The van der Waals surface area contributed by atoms with Gasteiger partial charge in [0.25, 0.3) is 0 Å². The van der Waals surface area contributed by atoms with Crippen LogP contribution in [0.5, 0.6) is 0 Å². The first-order valence-electron chi connectivity index (χ1n) is 7.35. The lowest BCUT2D eigenvalue weighted by molar-refractivity contribution is -0.141. The number of carbonyl (C=O) groups is 2. The molecule has 1 amide bonds. The van der Waals surface area contributed by atoms with Gasteiger partial charge in [0.05, 0.1) is 18.1 Å². The molecule has 5 nitrogen and oxygen atoms in total. The summed E-state index contributed by atoms with van der Waals surface area (Å²) in [6.07, 6.45) is 1.49. The summed E-state index contributed by atoms with van der Waals surface area (Å²) < 4.78 is 0. The van der Waals surface area contributed by atoms with E-state index in [9.17, 15) is 14.7 Å². The Balaban J connectivity index is 1.67. The van der Waals surface area contributed by atoms with Gasteiger partial charge in [-0.2, -0.15) is 0 Å². The molecule has 0 saturated heterocycles. The number of aliphatic hydroxyl groups excluding tert-OH is 1. The van der Waals surface area contributed by atoms with Gasteiger partial charge in [-0.1, -0.05) is 24.3 Å². The fourth-order valence-corrected chi connectivity index (χ4v) is 3.46. The number of rotatable bonds is 3. The van der Waals surface area contributed by atoms with Crippen LogP contribution in [0.3, 0.4) is 0 Å². The van der Waals surface area contributed by atoms with E-state index in [0.29, 0.717) is 25.7 Å². The lowest BCUT2D eigenvalue weighted by atomic mass is 10.0. The van der Waals surface area contributed by atoms with Crippen LogP contribution in [0, 0.1) is 11.8 Å². The predicted molar refractivity (Wildman–Crippen MR) is 75.5 cm³/mol. The number of aliphatic hydroxyl groups is 1. The molecule has 21 heavy (non-hydrogen) atoms. The Morgan fingerprint density at radius 3 is 2.57 bits per heavy atom. The largest absolute Gasteiger partial charge is 0.481 e. The first kappa shape index (κ1) is 14.1. The van der Waals surface area contributed by atoms with Gasteiger partial charge in [0.2, 0.25) is 5.91 Å². The number of benzene rings is 1. The Hall–Kier alpha value is -1.88. The van der Waals surface area contributed by atoms with Gasteiger partial charge < -0.3 is 15.5 Å². The van der Waals surface area contributed by atoms with E-state index in [4.69, 9.17) is 5.11 Å². The van der Waals surface area contributed by atoms with Crippen LogP contribution in [0.1, 0.15) is 36.4 Å². The second-order valence-corrected chi connectivity index (χ2v) is 6.00. The average molecular weight is 289 g/mol. The molecule has 1 aromatic carbocycles. The van der Waals surface area contributed by atoms with Crippen LogP contribution in [0.2, 0.25) is 0 Å². The smallest absolute Gasteiger partial charge is 0.306 e. The molecule has 2 aliphatic rings. The third-order valence-electron chi connectivity index (χ3n) is 4.65. The summed E-state index contributed by atoms with van der Waals surface area (Å²) in [5.41, 5.74) is 2.02. The number of carboxylic acids is 1. The third kappa shape index (κ3) is 2.65. The van der Waals surface area contributed by atoms with Crippen LogP contribution in [-0.4, -0.2) is 28.2 Å². The molecular formula is C16H19NO4. The molecule has 3 rings (SSSR count). The SMILES string of the molecule is O=C(O)[C@H]1CC[C@@H](C(=O)N[C@@H]2c3ccccc3C[C@@H]2O)C1. The summed E-state index contributed by atoms with van der Waals surface area (Å²) in [5, 5.41) is 22.0. The lowest BCUT2D eigenvalue weighted by Gasteiger charge is -2.20. The Morgan fingerprint density at radius 1 is 1.14 bits per heavy atom. The van der Waals surface area contributed by atoms with Crippen molar-refractivity contribution in [3.05, 3.63) is 35.4 Å². The summed E-state index contributed by atoms with van der Waals surface area (Å²) in [7, 11) is 0. The van der Waals surface area contributed by atoms with Gasteiger partial charge in [-0.15, -0.1) is 0 Å². The molecule has 2 aliphatic carbocycles. The molecule has 0 heterocycles. The molecule has 0 unspecified atom stereocenters. The fraction of sp³-hybridized carbons (Fsp3) is 0.500. The molecular weight excluding hydrogens is 270 g/mol. The zero-order valence-electron chi connectivity index (χ0n) is 11.7. The number of aliphatic carboxylic acids is 1. The van der Waals surface area contributed by atoms with E-state index in [0.717, 1.165) is 11.1 Å². The molecule has 1 saturated carbocycles. The Labute approximate surface area is 123 Å². The number of hydrogen-bond donors (Lipinski definition) is 3. The third-order valence-corrected chi connectivity index (χ3v) is 4.65. The highest BCUT2D eigenvalue weighted by molar-refractivity contribution is 5.81. The molecule has 3 N–H and O–H groups in total. The van der Waals surface area contributed by atoms with Crippen LogP contribution in [-0.2, 0) is 16.0 Å². The van der Waals surface area contributed by atoms with Crippen molar-refractivity contribution in [2.24, 2.45) is 11.8 Å². The van der Waals surface area contributed by atoms with E-state index in [1.807, 2.05) is 24.3 Å². The zero-order chi connectivity index (χ0) is 15.0. The number of fused-ring (bicyclic) bond motifs is 1. The average Bonchev–Trinajstić information content (AvgIpc) is 3.05. The van der Waals surface area contributed by atoms with Crippen LogP contribution in [0.15, 0.2) is 24.3 Å². The number of amides is 1. The van der Waals surface area contributed by atoms with Crippen LogP contribution < -0.4 is 5.32 Å². The summed E-state index contributed by atoms with van der Waals surface area (Å²) >= 11 is 0. The number of carbonyl (C=O) groups excluding carboxylic acids is 1. The van der Waals surface area contributed by atoms with Gasteiger partial charge in [-0.3, -0.25) is 9.59 Å². The van der Waals surface area contributed by atoms with E-state index in [2.05, 4.69) is 5.32 Å². The van der Waals surface area contributed by atoms with E-state index in [-0.39, 0.29) is 17.9 Å². The van der Waals surface area contributed by atoms with Gasteiger partial charge in [0, 0.05) is 12.3 Å². The van der Waals surface area contributed by atoms with E-state index < -0.39 is 18.0 Å². The van der Waals surface area contributed by atoms with Crippen LogP contribution >= 0.6 is 0 Å². The number of carboxylic acid groups (broad SMARTS) is 1. The monoisotopic (exact) mass is 289 g/mol. The second-order valence-electron chi connectivity index (χ2n) is 6.00. The normalized spacial score (nSPS) is 30.9. The summed E-state index contributed by atoms with van der Waals surface area (Å²) in [6, 6.07) is 7.32. The lowest BCUT2D eigenvalue weighted by Crippen LogP contribution is -2.37. The minimum absolute atomic E-state index is 0.139. The molecule has 0 spiro atoms. The summed E-state index contributed by atoms with van der Waals surface area (Å²) in [4.78, 5) is 23.3. The van der Waals surface area contributed by atoms with E-state index >= 15 is 0 Å². The van der Waals surface area contributed by atoms with Crippen molar-refractivity contribution in [2.45, 2.75) is 37.8 Å². The molecule has 112 valence electrons. The Morgan fingerprint density at radius 2 is 1.86 bits per heavy atom. The van der Waals surface area contributed by atoms with Gasteiger partial charge in [0.15, 0.2) is 0 Å². The van der Waals surface area contributed by atoms with Crippen molar-refractivity contribution in [1.29, 1.82) is 0 Å². The summed E-state index contributed by atoms with van der Waals surface area (Å²) in [5.74, 6) is -1.64. The van der Waals surface area contributed by atoms with Gasteiger partial charge in [-0.05, 0) is 30.4 Å². The Bertz CT molecular complexity index is 571. The minimum Gasteiger partial charge on any atom is -0.481 e. The van der Waals surface area contributed by atoms with Crippen molar-refractivity contribution in [2.75, 3.05) is 0 Å². The topological polar surface area (TPSA) is 86.6 Å². The Kier molecular flexibility index (Phi) is 3.68. The fourth-order valence-electron chi connectivity index (χ4n) is 3.46. The first-order valence-corrected chi connectivity index (χ1v) is 7.35. The molecule has 0 aliphatic heterocycles. The van der Waals surface area contributed by atoms with Gasteiger partial charge in [0.1, 0.15) is 0 Å². The maximum absolute atomic E-state index is 12.3. The maximum Gasteiger partial charge on any atom is 0.306 e. The zero-order valence-corrected chi connectivity index (χ0v) is 11.7.